The van der Waals surface area contributed by atoms with E-state index in [2.05, 4.69) is 5.32 Å². The second kappa shape index (κ2) is 8.44. The number of hydrogen-bond donors (Lipinski definition) is 1. The number of carbonyl (C=O) groups excluding carboxylic acids is 1. The third-order valence-electron chi connectivity index (χ3n) is 4.68. The summed E-state index contributed by atoms with van der Waals surface area (Å²) in [7, 11) is 1.39. The number of anilines is 1. The quantitative estimate of drug-likeness (QED) is 0.601. The summed E-state index contributed by atoms with van der Waals surface area (Å²) in [6, 6.07) is 15.2. The van der Waals surface area contributed by atoms with Crippen molar-refractivity contribution in [2.24, 2.45) is 0 Å². The number of nitrogens with one attached hydrogen (secondary N) is 1. The molecule has 2 aromatic carbocycles. The van der Waals surface area contributed by atoms with E-state index in [9.17, 15) is 4.79 Å². The standard InChI is InChI=1S/C22H24N2O3S/c1-5-27-18-12-7-6-11-17(18)20-19(21(25)26-4)15(3)24(22(28)23-20)16-10-8-9-14(2)13-16/h6-13,20H,5H2,1-4H3,(H,23,28)/t20-/m0/s1. The molecule has 0 fully saturated rings. The van der Waals surface area contributed by atoms with E-state index in [0.29, 0.717) is 23.0 Å². The maximum atomic E-state index is 12.7. The number of aryl methyl sites for hydroxylation is 1. The molecule has 1 heterocycles. The molecule has 0 aliphatic carbocycles. The van der Waals surface area contributed by atoms with Gasteiger partial charge in [0, 0.05) is 16.9 Å². The first-order valence-corrected chi connectivity index (χ1v) is 9.56. The number of allylic oxidation sites excluding steroid dienone is 1. The number of nitrogens with zero attached hydrogens (tertiary/aromatic N) is 1. The minimum Gasteiger partial charge on any atom is -0.494 e. The molecule has 1 aliphatic rings. The van der Waals surface area contributed by atoms with E-state index in [1.165, 1.54) is 7.11 Å². The van der Waals surface area contributed by atoms with Gasteiger partial charge in [-0.3, -0.25) is 4.90 Å². The van der Waals surface area contributed by atoms with Crippen LogP contribution in [0.15, 0.2) is 59.8 Å². The fraction of sp³-hybridized carbons (Fsp3) is 0.273. The van der Waals surface area contributed by atoms with Crippen molar-refractivity contribution in [2.75, 3.05) is 18.6 Å². The Morgan fingerprint density at radius 2 is 1.93 bits per heavy atom. The van der Waals surface area contributed by atoms with Crippen LogP contribution in [0.5, 0.6) is 5.75 Å². The van der Waals surface area contributed by atoms with Crippen LogP contribution in [-0.2, 0) is 9.53 Å². The average molecular weight is 397 g/mol. The number of benzene rings is 2. The number of rotatable bonds is 5. The minimum atomic E-state index is -0.455. The van der Waals surface area contributed by atoms with Gasteiger partial charge in [0.25, 0.3) is 0 Å². The fourth-order valence-corrected chi connectivity index (χ4v) is 3.79. The molecule has 1 aliphatic heterocycles. The van der Waals surface area contributed by atoms with Crippen LogP contribution in [0.25, 0.3) is 0 Å². The monoisotopic (exact) mass is 396 g/mol. The molecule has 0 aromatic heterocycles. The van der Waals surface area contributed by atoms with Crippen molar-refractivity contribution in [3.63, 3.8) is 0 Å². The lowest BCUT2D eigenvalue weighted by atomic mass is 9.94. The van der Waals surface area contributed by atoms with Crippen LogP contribution in [0.4, 0.5) is 5.69 Å². The number of methoxy groups -OCH3 is 1. The maximum absolute atomic E-state index is 12.7. The fourth-order valence-electron chi connectivity index (χ4n) is 3.43. The predicted molar refractivity (Wildman–Crippen MR) is 114 cm³/mol. The highest BCUT2D eigenvalue weighted by Crippen LogP contribution is 2.37. The van der Waals surface area contributed by atoms with Crippen LogP contribution in [0.2, 0.25) is 0 Å². The van der Waals surface area contributed by atoms with E-state index >= 15 is 0 Å². The molecule has 2 aromatic rings. The van der Waals surface area contributed by atoms with E-state index in [4.69, 9.17) is 21.7 Å². The Morgan fingerprint density at radius 1 is 1.18 bits per heavy atom. The maximum Gasteiger partial charge on any atom is 0.337 e. The van der Waals surface area contributed by atoms with Crippen LogP contribution in [0, 0.1) is 6.92 Å². The predicted octanol–water partition coefficient (Wildman–Crippen LogP) is 4.28. The molecule has 0 unspecified atom stereocenters. The highest BCUT2D eigenvalue weighted by molar-refractivity contribution is 7.80. The van der Waals surface area contributed by atoms with Crippen molar-refractivity contribution in [3.8, 4) is 5.75 Å². The summed E-state index contributed by atoms with van der Waals surface area (Å²) in [5.74, 6) is 0.310. The number of carbonyl (C=O) groups is 1. The number of thiocarbonyl (C=S) groups is 1. The van der Waals surface area contributed by atoms with Gasteiger partial charge in [-0.25, -0.2) is 4.79 Å². The Kier molecular flexibility index (Phi) is 5.99. The molecule has 3 rings (SSSR count). The second-order valence-corrected chi connectivity index (χ2v) is 6.91. The number of hydrogen-bond acceptors (Lipinski definition) is 4. The summed E-state index contributed by atoms with van der Waals surface area (Å²) in [6.07, 6.45) is 0. The van der Waals surface area contributed by atoms with Gasteiger partial charge in [-0.15, -0.1) is 0 Å². The summed E-state index contributed by atoms with van der Waals surface area (Å²) in [6.45, 7) is 6.36. The Morgan fingerprint density at radius 3 is 2.61 bits per heavy atom. The molecule has 5 nitrogen and oxygen atoms in total. The smallest absolute Gasteiger partial charge is 0.337 e. The van der Waals surface area contributed by atoms with Crippen LogP contribution < -0.4 is 15.0 Å². The molecule has 146 valence electrons. The average Bonchev–Trinajstić information content (AvgIpc) is 2.68. The van der Waals surface area contributed by atoms with Crippen molar-refractivity contribution < 1.29 is 14.3 Å². The van der Waals surface area contributed by atoms with Gasteiger partial charge in [0.05, 0.1) is 25.3 Å². The van der Waals surface area contributed by atoms with E-state index in [0.717, 1.165) is 22.5 Å². The Hall–Kier alpha value is -2.86. The summed E-state index contributed by atoms with van der Waals surface area (Å²) in [5.41, 5.74) is 4.09. The van der Waals surface area contributed by atoms with Crippen molar-refractivity contribution in [3.05, 3.63) is 70.9 Å². The van der Waals surface area contributed by atoms with Gasteiger partial charge in [-0.1, -0.05) is 30.3 Å². The molecule has 28 heavy (non-hydrogen) atoms. The zero-order valence-corrected chi connectivity index (χ0v) is 17.3. The first-order chi connectivity index (χ1) is 13.5. The van der Waals surface area contributed by atoms with Gasteiger partial charge in [0.2, 0.25) is 0 Å². The molecule has 0 saturated carbocycles. The zero-order chi connectivity index (χ0) is 20.3. The molecule has 0 amide bonds. The van der Waals surface area contributed by atoms with Crippen LogP contribution >= 0.6 is 12.2 Å². The largest absolute Gasteiger partial charge is 0.494 e. The molecule has 0 radical (unpaired) electrons. The highest BCUT2D eigenvalue weighted by atomic mass is 32.1. The van der Waals surface area contributed by atoms with E-state index in [-0.39, 0.29) is 0 Å². The van der Waals surface area contributed by atoms with Gasteiger partial charge >= 0.3 is 5.97 Å². The summed E-state index contributed by atoms with van der Waals surface area (Å²) >= 11 is 5.68. The van der Waals surface area contributed by atoms with Crippen LogP contribution in [0.3, 0.4) is 0 Å². The number of ether oxygens (including phenoxy) is 2. The van der Waals surface area contributed by atoms with Gasteiger partial charge in [0.1, 0.15) is 5.75 Å². The molecule has 6 heteroatoms. The molecular weight excluding hydrogens is 372 g/mol. The van der Waals surface area contributed by atoms with E-state index < -0.39 is 12.0 Å². The van der Waals surface area contributed by atoms with E-state index in [1.54, 1.807) is 0 Å². The summed E-state index contributed by atoms with van der Waals surface area (Å²) < 4.78 is 10.9. The van der Waals surface area contributed by atoms with Crippen molar-refractivity contribution in [1.29, 1.82) is 0 Å². The first kappa shape index (κ1) is 19.9. The lowest BCUT2D eigenvalue weighted by molar-refractivity contribution is -0.136. The third-order valence-corrected chi connectivity index (χ3v) is 4.98. The molecule has 0 spiro atoms. The molecule has 1 N–H and O–H groups in total. The minimum absolute atomic E-state index is 0.401. The molecule has 0 bridgehead atoms. The molecule has 1 atom stereocenters. The van der Waals surface area contributed by atoms with Crippen molar-refractivity contribution >= 4 is 29.0 Å². The Balaban J connectivity index is 2.16. The highest BCUT2D eigenvalue weighted by Gasteiger charge is 2.36. The topological polar surface area (TPSA) is 50.8 Å². The van der Waals surface area contributed by atoms with Gasteiger partial charge in [-0.05, 0) is 56.8 Å². The van der Waals surface area contributed by atoms with Gasteiger partial charge in [0.15, 0.2) is 5.11 Å². The van der Waals surface area contributed by atoms with Crippen LogP contribution in [0.1, 0.15) is 31.0 Å². The molecular formula is C22H24N2O3S. The first-order valence-electron chi connectivity index (χ1n) is 9.16. The Labute approximate surface area is 170 Å². The van der Waals surface area contributed by atoms with Gasteiger partial charge < -0.3 is 14.8 Å². The molecule has 0 saturated heterocycles. The van der Waals surface area contributed by atoms with E-state index in [1.807, 2.05) is 74.2 Å². The van der Waals surface area contributed by atoms with Crippen LogP contribution in [-0.4, -0.2) is 24.8 Å². The van der Waals surface area contributed by atoms with Crippen molar-refractivity contribution in [1.82, 2.24) is 5.32 Å². The second-order valence-electron chi connectivity index (χ2n) is 6.52. The normalized spacial score (nSPS) is 16.6. The summed E-state index contributed by atoms with van der Waals surface area (Å²) in [4.78, 5) is 14.6. The lowest BCUT2D eigenvalue weighted by Crippen LogP contribution is -2.48. The lowest BCUT2D eigenvalue weighted by Gasteiger charge is -2.37. The number of para-hydroxylation sites is 1. The van der Waals surface area contributed by atoms with Gasteiger partial charge in [-0.2, -0.15) is 0 Å². The zero-order valence-electron chi connectivity index (χ0n) is 16.5. The number of esters is 1. The third kappa shape index (κ3) is 3.73. The summed E-state index contributed by atoms with van der Waals surface area (Å²) in [5, 5.41) is 3.83. The SMILES string of the molecule is CCOc1ccccc1[C@@H]1NC(=S)N(c2cccc(C)c2)C(C)=C1C(=O)OC. The Bertz CT molecular complexity index is 939. The van der Waals surface area contributed by atoms with Crippen molar-refractivity contribution in [2.45, 2.75) is 26.8 Å².